The van der Waals surface area contributed by atoms with Gasteiger partial charge in [0.2, 0.25) is 14.7 Å². The van der Waals surface area contributed by atoms with Gasteiger partial charge < -0.3 is 29.6 Å². The SMILES string of the molecule is CCP(=O)(O)CCC(=O)[O-].CCP(=O)(O)CCC(=O)[O-].[Zn+2]. The van der Waals surface area contributed by atoms with Crippen LogP contribution in [0.3, 0.4) is 0 Å². The van der Waals surface area contributed by atoms with Gasteiger partial charge >= 0.3 is 19.5 Å². The van der Waals surface area contributed by atoms with Crippen LogP contribution < -0.4 is 10.2 Å². The van der Waals surface area contributed by atoms with Gasteiger partial charge in [-0.25, -0.2) is 0 Å². The van der Waals surface area contributed by atoms with Crippen LogP contribution in [0.15, 0.2) is 0 Å². The number of carbonyl (C=O) groups excluding carboxylic acids is 2. The standard InChI is InChI=1S/2C5H11O4P.Zn/c2*1-2-10(8,9)4-3-5(6)7;/h2*2-4H2,1H3,(H,6,7)(H,8,9);/q;;+2/p-2. The van der Waals surface area contributed by atoms with E-state index in [9.17, 15) is 28.9 Å². The fraction of sp³-hybridized carbons (Fsp3) is 0.800. The quantitative estimate of drug-likeness (QED) is 0.385. The van der Waals surface area contributed by atoms with Gasteiger partial charge in [-0.05, 0) is 12.8 Å². The van der Waals surface area contributed by atoms with Crippen molar-refractivity contribution in [1.29, 1.82) is 0 Å². The van der Waals surface area contributed by atoms with Gasteiger partial charge in [-0.15, -0.1) is 0 Å². The molecule has 2 atom stereocenters. The third kappa shape index (κ3) is 19.9. The molecule has 0 amide bonds. The van der Waals surface area contributed by atoms with E-state index in [-0.39, 0.29) is 57.0 Å². The summed E-state index contributed by atoms with van der Waals surface area (Å²) in [6, 6.07) is 0. The first kappa shape index (κ1) is 25.9. The third-order valence-corrected chi connectivity index (χ3v) is 6.14. The molecule has 0 saturated carbocycles. The Kier molecular flexibility index (Phi) is 15.4. The average molecular weight is 396 g/mol. The summed E-state index contributed by atoms with van der Waals surface area (Å²) in [4.78, 5) is 37.3. The molecule has 0 saturated heterocycles. The van der Waals surface area contributed by atoms with Crippen molar-refractivity contribution in [1.82, 2.24) is 0 Å². The molecule has 11 heteroatoms. The molecule has 0 aliphatic rings. The van der Waals surface area contributed by atoms with Crippen LogP contribution in [-0.4, -0.2) is 46.4 Å². The molecular formula is C10H20O8P2Zn. The number of aliphatic carboxylic acids is 2. The molecule has 0 aliphatic carbocycles. The van der Waals surface area contributed by atoms with Crippen LogP contribution >= 0.6 is 14.7 Å². The Morgan fingerprint density at radius 3 is 1.24 bits per heavy atom. The van der Waals surface area contributed by atoms with E-state index < -0.39 is 26.7 Å². The summed E-state index contributed by atoms with van der Waals surface area (Å²) in [5.74, 6) is -2.55. The number of rotatable bonds is 8. The molecule has 0 aromatic rings. The van der Waals surface area contributed by atoms with Crippen LogP contribution in [0.25, 0.3) is 0 Å². The van der Waals surface area contributed by atoms with Gasteiger partial charge in [-0.2, -0.15) is 0 Å². The van der Waals surface area contributed by atoms with Crippen molar-refractivity contribution in [3.05, 3.63) is 0 Å². The fourth-order valence-corrected chi connectivity index (χ4v) is 2.54. The maximum absolute atomic E-state index is 10.8. The Morgan fingerprint density at radius 1 is 0.857 bits per heavy atom. The van der Waals surface area contributed by atoms with Gasteiger partial charge in [0.15, 0.2) is 0 Å². The topological polar surface area (TPSA) is 155 Å². The van der Waals surface area contributed by atoms with Gasteiger partial charge in [0.1, 0.15) is 0 Å². The van der Waals surface area contributed by atoms with Crippen molar-refractivity contribution in [2.45, 2.75) is 26.7 Å². The minimum absolute atomic E-state index is 0. The van der Waals surface area contributed by atoms with Crippen LogP contribution in [0.1, 0.15) is 26.7 Å². The normalized spacial score (nSPS) is 15.4. The summed E-state index contributed by atoms with van der Waals surface area (Å²) in [7, 11) is -6.30. The Labute approximate surface area is 136 Å². The second kappa shape index (κ2) is 12.5. The minimum Gasteiger partial charge on any atom is -0.550 e. The zero-order valence-electron chi connectivity index (χ0n) is 12.2. The van der Waals surface area contributed by atoms with Gasteiger partial charge in [0.05, 0.1) is 0 Å². The van der Waals surface area contributed by atoms with Gasteiger partial charge in [-0.3, -0.25) is 9.13 Å². The fourth-order valence-electron chi connectivity index (χ4n) is 0.848. The molecule has 0 rings (SSSR count). The molecular weight excluding hydrogens is 375 g/mol. The van der Waals surface area contributed by atoms with Crippen LogP contribution in [-0.2, 0) is 38.2 Å². The van der Waals surface area contributed by atoms with Crippen LogP contribution in [0, 0.1) is 0 Å². The van der Waals surface area contributed by atoms with Crippen molar-refractivity contribution >= 4 is 26.7 Å². The van der Waals surface area contributed by atoms with Gasteiger partial charge in [0.25, 0.3) is 0 Å². The van der Waals surface area contributed by atoms with Crippen molar-refractivity contribution < 1.29 is 58.2 Å². The first-order chi connectivity index (χ1) is 8.95. The Balaban J connectivity index is -0.000000295. The van der Waals surface area contributed by atoms with E-state index in [4.69, 9.17) is 9.79 Å². The van der Waals surface area contributed by atoms with Crippen LogP contribution in [0.2, 0.25) is 0 Å². The van der Waals surface area contributed by atoms with Crippen molar-refractivity contribution in [2.24, 2.45) is 0 Å². The molecule has 8 nitrogen and oxygen atoms in total. The Morgan fingerprint density at radius 2 is 1.10 bits per heavy atom. The molecule has 0 fully saturated rings. The molecule has 120 valence electrons. The van der Waals surface area contributed by atoms with E-state index in [1.807, 2.05) is 0 Å². The van der Waals surface area contributed by atoms with Crippen molar-refractivity contribution in [2.75, 3.05) is 24.6 Å². The number of hydrogen-bond acceptors (Lipinski definition) is 6. The van der Waals surface area contributed by atoms with Crippen LogP contribution in [0.4, 0.5) is 0 Å². The van der Waals surface area contributed by atoms with E-state index in [2.05, 4.69) is 0 Å². The van der Waals surface area contributed by atoms with Gasteiger partial charge in [-0.1, -0.05) is 13.8 Å². The number of carbonyl (C=O) groups is 2. The molecule has 2 N–H and O–H groups in total. The van der Waals surface area contributed by atoms with E-state index in [1.54, 1.807) is 13.8 Å². The first-order valence-electron chi connectivity index (χ1n) is 5.97. The van der Waals surface area contributed by atoms with E-state index in [0.717, 1.165) is 0 Å². The first-order valence-corrected chi connectivity index (χ1v) is 10.0. The molecule has 2 unspecified atom stereocenters. The Bertz CT molecular complexity index is 374. The average Bonchev–Trinajstić information content (AvgIpc) is 2.35. The summed E-state index contributed by atoms with van der Waals surface area (Å²) in [5, 5.41) is 19.6. The predicted octanol–water partition coefficient (Wildman–Crippen LogP) is -1.17. The molecule has 0 aromatic heterocycles. The monoisotopic (exact) mass is 394 g/mol. The molecule has 0 aliphatic heterocycles. The summed E-state index contributed by atoms with van der Waals surface area (Å²) in [5.41, 5.74) is 0. The predicted molar refractivity (Wildman–Crippen MR) is 69.7 cm³/mol. The third-order valence-electron chi connectivity index (χ3n) is 2.32. The maximum Gasteiger partial charge on any atom is 2.00 e. The van der Waals surface area contributed by atoms with E-state index in [0.29, 0.717) is 0 Å². The molecule has 0 aromatic carbocycles. The summed E-state index contributed by atoms with van der Waals surface area (Å²) >= 11 is 0. The second-order valence-electron chi connectivity index (χ2n) is 4.02. The molecule has 0 heterocycles. The summed E-state index contributed by atoms with van der Waals surface area (Å²) in [6.07, 6.45) is -0.762. The van der Waals surface area contributed by atoms with E-state index >= 15 is 0 Å². The van der Waals surface area contributed by atoms with E-state index in [1.165, 1.54) is 0 Å². The number of carboxylic acids is 2. The molecule has 21 heavy (non-hydrogen) atoms. The number of carboxylic acid groups (broad SMARTS) is 2. The molecule has 0 spiro atoms. The second-order valence-corrected chi connectivity index (χ2v) is 9.56. The number of hydrogen-bond donors (Lipinski definition) is 2. The van der Waals surface area contributed by atoms with Crippen molar-refractivity contribution in [3.8, 4) is 0 Å². The van der Waals surface area contributed by atoms with Gasteiger partial charge in [0, 0.05) is 36.6 Å². The summed E-state index contributed by atoms with van der Waals surface area (Å²) < 4.78 is 21.5. The zero-order chi connectivity index (χ0) is 16.4. The molecule has 0 bridgehead atoms. The maximum atomic E-state index is 10.8. The zero-order valence-corrected chi connectivity index (χ0v) is 16.9. The smallest absolute Gasteiger partial charge is 0.550 e. The largest absolute Gasteiger partial charge is 2.00 e. The Hall–Kier alpha value is -0.0566. The minimum atomic E-state index is -3.15. The summed E-state index contributed by atoms with van der Waals surface area (Å²) in [6.45, 7) is 3.10. The van der Waals surface area contributed by atoms with Crippen LogP contribution in [0.5, 0.6) is 0 Å². The van der Waals surface area contributed by atoms with Crippen molar-refractivity contribution in [3.63, 3.8) is 0 Å². The molecule has 0 radical (unpaired) electrons.